The van der Waals surface area contributed by atoms with Gasteiger partial charge in [0.2, 0.25) is 10.0 Å². The fourth-order valence-corrected chi connectivity index (χ4v) is 8.42. The predicted octanol–water partition coefficient (Wildman–Crippen LogP) is 1.03. The Morgan fingerprint density at radius 3 is 2.47 bits per heavy atom. The highest BCUT2D eigenvalue weighted by Crippen LogP contribution is 2.65. The summed E-state index contributed by atoms with van der Waals surface area (Å²) in [6, 6.07) is 5.94. The lowest BCUT2D eigenvalue weighted by Gasteiger charge is -2.41. The number of nitrogens with one attached hydrogen (secondary N) is 2. The molecule has 2 aromatic heterocycles. The van der Waals surface area contributed by atoms with Crippen molar-refractivity contribution in [3.63, 3.8) is 0 Å². The molecule has 6 atom stereocenters. The zero-order valence-electron chi connectivity index (χ0n) is 24.4. The van der Waals surface area contributed by atoms with Crippen molar-refractivity contribution in [1.82, 2.24) is 29.4 Å². The minimum absolute atomic E-state index is 0.105. The summed E-state index contributed by atoms with van der Waals surface area (Å²) < 4.78 is 61.8. The van der Waals surface area contributed by atoms with Crippen LogP contribution in [0.25, 0.3) is 11.2 Å². The lowest BCUT2D eigenvalue weighted by atomic mass is 9.78. The summed E-state index contributed by atoms with van der Waals surface area (Å²) in [5.74, 6) is -0.427. The maximum atomic E-state index is 14.3. The van der Waals surface area contributed by atoms with Gasteiger partial charge in [0.05, 0.1) is 19.7 Å². The van der Waals surface area contributed by atoms with E-state index in [0.717, 1.165) is 11.3 Å². The lowest BCUT2D eigenvalue weighted by Crippen LogP contribution is -2.57. The maximum Gasteiger partial charge on any atom is 0.460 e. The van der Waals surface area contributed by atoms with E-state index < -0.39 is 58.9 Å². The SMILES string of the molecule is COC(=O)C1(NP(=O)(Oc2ccc(Cl)cc2)OC2C3OC(n4cnc5c(N(C)NS(C)(=O)=O)ncnc54)[C@](C)(O)[C@]32O)CCC1. The number of hydrogen-bond donors (Lipinski definition) is 4. The van der Waals surface area contributed by atoms with Crippen LogP contribution < -0.4 is 19.5 Å². The molecule has 3 aliphatic rings. The number of nitrogens with zero attached hydrogens (tertiary/aromatic N) is 5. The summed E-state index contributed by atoms with van der Waals surface area (Å²) in [7, 11) is -5.46. The van der Waals surface area contributed by atoms with E-state index in [0.29, 0.717) is 24.3 Å². The number of fused-ring (bicyclic) bond motifs is 2. The van der Waals surface area contributed by atoms with Gasteiger partial charge in [0, 0.05) is 12.1 Å². The third-order valence-electron chi connectivity index (χ3n) is 8.24. The highest BCUT2D eigenvalue weighted by Gasteiger charge is 2.84. The number of hydrazine groups is 1. The molecule has 3 aromatic rings. The second-order valence-electron chi connectivity index (χ2n) is 11.4. The molecule has 244 valence electrons. The zero-order chi connectivity index (χ0) is 32.6. The number of aliphatic hydroxyl groups is 2. The number of carbonyl (C=O) groups excluding carboxylic acids is 1. The molecule has 3 heterocycles. The number of anilines is 1. The number of carbonyl (C=O) groups is 1. The van der Waals surface area contributed by atoms with Crippen LogP contribution >= 0.6 is 19.3 Å². The van der Waals surface area contributed by atoms with Crippen molar-refractivity contribution >= 4 is 52.3 Å². The van der Waals surface area contributed by atoms with Crippen LogP contribution in [0.2, 0.25) is 5.02 Å². The summed E-state index contributed by atoms with van der Waals surface area (Å²) in [4.78, 5) is 27.5. The standard InChI is InChI=1S/C25H31ClN7O10PS/c1-23(35)21(33-13-29-16-19(27-12-28-20(16)33)32(2)31-45(4,38)39)41-17-18(25(17,23)36)43-44(37,42-15-8-6-14(26)7-9-15)30-24(10-5-11-24)22(34)40-3/h6-9,12-13,17-18,21,31,35-36H,5,10-11H2,1-4H3,(H,30,37)/t17?,18?,21?,23-,25-,44?/m0/s1. The molecule has 6 rings (SSSR count). The third-order valence-corrected chi connectivity index (χ3v) is 10.8. The number of methoxy groups -OCH3 is 1. The molecular weight excluding hydrogens is 657 g/mol. The third kappa shape index (κ3) is 5.37. The van der Waals surface area contributed by atoms with Crippen LogP contribution in [-0.4, -0.2) is 93.5 Å². The molecule has 0 radical (unpaired) electrons. The second kappa shape index (κ2) is 10.8. The van der Waals surface area contributed by atoms with E-state index in [1.54, 1.807) is 0 Å². The number of esters is 1. The van der Waals surface area contributed by atoms with Gasteiger partial charge in [-0.3, -0.25) is 18.9 Å². The van der Waals surface area contributed by atoms with Crippen LogP contribution in [0.1, 0.15) is 32.4 Å². The predicted molar refractivity (Wildman–Crippen MR) is 157 cm³/mol. The average molecular weight is 688 g/mol. The van der Waals surface area contributed by atoms with E-state index in [1.165, 1.54) is 62.6 Å². The van der Waals surface area contributed by atoms with Crippen molar-refractivity contribution in [3.05, 3.63) is 41.9 Å². The number of aromatic nitrogens is 4. The van der Waals surface area contributed by atoms with Crippen LogP contribution in [-0.2, 0) is 33.4 Å². The van der Waals surface area contributed by atoms with Gasteiger partial charge in [0.25, 0.3) is 0 Å². The van der Waals surface area contributed by atoms with Crippen LogP contribution in [0.15, 0.2) is 36.9 Å². The Balaban J connectivity index is 1.27. The first-order valence-corrected chi connectivity index (χ1v) is 17.5. The Morgan fingerprint density at radius 2 is 1.91 bits per heavy atom. The fraction of sp³-hybridized carbons (Fsp3) is 0.520. The topological polar surface area (TPSA) is 217 Å². The van der Waals surface area contributed by atoms with Crippen molar-refractivity contribution in [2.24, 2.45) is 0 Å². The summed E-state index contributed by atoms with van der Waals surface area (Å²) in [6.07, 6.45) is 0.915. The molecule has 0 amide bonds. The number of hydrogen-bond acceptors (Lipinski definition) is 14. The van der Waals surface area contributed by atoms with Crippen molar-refractivity contribution in [1.29, 1.82) is 0 Å². The normalized spacial score (nSPS) is 29.8. The number of imidazole rings is 1. The van der Waals surface area contributed by atoms with Crippen molar-refractivity contribution in [3.8, 4) is 5.75 Å². The molecule has 45 heavy (non-hydrogen) atoms. The Hall–Kier alpha value is -2.93. The molecule has 1 saturated heterocycles. The molecule has 2 aliphatic carbocycles. The first-order chi connectivity index (χ1) is 21.0. The molecular formula is C25H31ClN7O10PS. The number of ether oxygens (including phenoxy) is 2. The van der Waals surface area contributed by atoms with E-state index >= 15 is 0 Å². The quantitative estimate of drug-likeness (QED) is 0.126. The van der Waals surface area contributed by atoms with Crippen LogP contribution in [0.3, 0.4) is 0 Å². The summed E-state index contributed by atoms with van der Waals surface area (Å²) >= 11 is 5.98. The summed E-state index contributed by atoms with van der Waals surface area (Å²) in [5, 5.41) is 27.7. The number of sulfonamides is 1. The van der Waals surface area contributed by atoms with Gasteiger partial charge < -0.3 is 24.2 Å². The average Bonchev–Trinajstić information content (AvgIpc) is 3.21. The first-order valence-electron chi connectivity index (χ1n) is 13.6. The van der Waals surface area contributed by atoms with Gasteiger partial charge in [0.15, 0.2) is 28.8 Å². The van der Waals surface area contributed by atoms with Crippen LogP contribution in [0.5, 0.6) is 5.75 Å². The first kappa shape index (κ1) is 32.0. The number of rotatable bonds is 11. The Kier molecular flexibility index (Phi) is 7.70. The molecule has 4 N–H and O–H groups in total. The Bertz CT molecular complexity index is 1800. The van der Waals surface area contributed by atoms with Crippen molar-refractivity contribution < 1.29 is 46.5 Å². The number of halogens is 1. The Labute approximate surface area is 262 Å². The van der Waals surface area contributed by atoms with E-state index in [9.17, 15) is 28.0 Å². The largest absolute Gasteiger partial charge is 0.468 e. The molecule has 20 heteroatoms. The minimum Gasteiger partial charge on any atom is -0.468 e. The maximum absolute atomic E-state index is 14.3. The van der Waals surface area contributed by atoms with E-state index in [-0.39, 0.29) is 22.7 Å². The van der Waals surface area contributed by atoms with Gasteiger partial charge in [-0.25, -0.2) is 27.9 Å². The minimum atomic E-state index is -4.46. The van der Waals surface area contributed by atoms with Crippen molar-refractivity contribution in [2.45, 2.75) is 61.4 Å². The van der Waals surface area contributed by atoms with Gasteiger partial charge in [-0.2, -0.15) is 5.09 Å². The summed E-state index contributed by atoms with van der Waals surface area (Å²) in [5.41, 5.74) is -5.16. The molecule has 0 bridgehead atoms. The zero-order valence-corrected chi connectivity index (χ0v) is 26.9. The second-order valence-corrected chi connectivity index (χ2v) is 15.2. The van der Waals surface area contributed by atoms with Gasteiger partial charge >= 0.3 is 13.7 Å². The molecule has 1 aromatic carbocycles. The van der Waals surface area contributed by atoms with Gasteiger partial charge in [-0.05, 0) is 50.5 Å². The number of benzene rings is 1. The Morgan fingerprint density at radius 1 is 1.22 bits per heavy atom. The molecule has 0 spiro atoms. The van der Waals surface area contributed by atoms with Gasteiger partial charge in [0.1, 0.15) is 35.4 Å². The molecule has 17 nitrogen and oxygen atoms in total. The highest BCUT2D eigenvalue weighted by atomic mass is 35.5. The van der Waals surface area contributed by atoms with Crippen LogP contribution in [0.4, 0.5) is 5.82 Å². The van der Waals surface area contributed by atoms with Crippen molar-refractivity contribution in [2.75, 3.05) is 25.4 Å². The summed E-state index contributed by atoms with van der Waals surface area (Å²) in [6.45, 7) is 1.31. The fourth-order valence-electron chi connectivity index (χ4n) is 5.76. The smallest absolute Gasteiger partial charge is 0.460 e. The molecule has 1 aliphatic heterocycles. The van der Waals surface area contributed by atoms with Gasteiger partial charge in [-0.1, -0.05) is 11.6 Å². The van der Waals surface area contributed by atoms with E-state index in [4.69, 9.17) is 30.1 Å². The molecule has 3 fully saturated rings. The van der Waals surface area contributed by atoms with E-state index in [1.807, 2.05) is 0 Å². The van der Waals surface area contributed by atoms with Gasteiger partial charge in [-0.15, -0.1) is 4.83 Å². The van der Waals surface area contributed by atoms with E-state index in [2.05, 4.69) is 24.9 Å². The molecule has 2 saturated carbocycles. The highest BCUT2D eigenvalue weighted by molar-refractivity contribution is 7.88. The monoisotopic (exact) mass is 687 g/mol. The molecule has 4 unspecified atom stereocenters. The van der Waals surface area contributed by atoms with Crippen LogP contribution in [0, 0.1) is 0 Å². The lowest BCUT2D eigenvalue weighted by molar-refractivity contribution is -0.156.